The fourth-order valence-electron chi connectivity index (χ4n) is 3.13. The molecule has 1 N–H and O–H groups in total. The maximum absolute atomic E-state index is 13.2. The Morgan fingerprint density at radius 1 is 1.17 bits per heavy atom. The summed E-state index contributed by atoms with van der Waals surface area (Å²) in [6.45, 7) is 2.03. The highest BCUT2D eigenvalue weighted by molar-refractivity contribution is 6.14. The van der Waals surface area contributed by atoms with Crippen molar-refractivity contribution >= 4 is 17.4 Å². The van der Waals surface area contributed by atoms with Crippen LogP contribution in [0.15, 0.2) is 59.7 Å². The first-order valence-electron chi connectivity index (χ1n) is 8.03. The van der Waals surface area contributed by atoms with Crippen LogP contribution in [0.4, 0.5) is 10.1 Å². The molecular formula is C19H19FN2O2. The van der Waals surface area contributed by atoms with Crippen molar-refractivity contribution < 1.29 is 14.3 Å². The second-order valence-electron chi connectivity index (χ2n) is 5.84. The average Bonchev–Trinajstić information content (AvgIpc) is 2.96. The van der Waals surface area contributed by atoms with Crippen LogP contribution >= 0.6 is 0 Å². The van der Waals surface area contributed by atoms with E-state index in [0.717, 1.165) is 12.1 Å². The maximum atomic E-state index is 13.2. The molecule has 0 spiro atoms. The number of benzene rings is 2. The van der Waals surface area contributed by atoms with Gasteiger partial charge in [0.05, 0.1) is 17.4 Å². The van der Waals surface area contributed by atoms with Crippen molar-refractivity contribution in [3.8, 4) is 0 Å². The second kappa shape index (κ2) is 6.83. The number of hydrogen-bond acceptors (Lipinski definition) is 3. The molecule has 1 heterocycles. The van der Waals surface area contributed by atoms with Gasteiger partial charge in [-0.1, -0.05) is 43.7 Å². The third kappa shape index (κ3) is 3.02. The monoisotopic (exact) mass is 326 g/mol. The molecule has 0 fully saturated rings. The molecule has 0 saturated carbocycles. The zero-order valence-electron chi connectivity index (χ0n) is 13.4. The number of carbonyl (C=O) groups is 1. The lowest BCUT2D eigenvalue weighted by molar-refractivity contribution is -0.139. The van der Waals surface area contributed by atoms with Crippen molar-refractivity contribution in [1.82, 2.24) is 0 Å². The summed E-state index contributed by atoms with van der Waals surface area (Å²) in [5.41, 5.74) is 1.98. The summed E-state index contributed by atoms with van der Waals surface area (Å²) in [6, 6.07) is 15.1. The molecule has 4 nitrogen and oxygen atoms in total. The van der Waals surface area contributed by atoms with Crippen LogP contribution < -0.4 is 5.01 Å². The fraction of sp³-hybridized carbons (Fsp3) is 0.263. The van der Waals surface area contributed by atoms with Gasteiger partial charge < -0.3 is 5.11 Å². The quantitative estimate of drug-likeness (QED) is 0.906. The third-order valence-electron chi connectivity index (χ3n) is 4.22. The third-order valence-corrected chi connectivity index (χ3v) is 4.22. The van der Waals surface area contributed by atoms with Gasteiger partial charge in [0, 0.05) is 0 Å². The van der Waals surface area contributed by atoms with Gasteiger partial charge in [0.15, 0.2) is 0 Å². The number of anilines is 1. The van der Waals surface area contributed by atoms with E-state index in [1.807, 2.05) is 37.3 Å². The van der Waals surface area contributed by atoms with Gasteiger partial charge in [-0.15, -0.1) is 0 Å². The molecule has 2 aromatic rings. The van der Waals surface area contributed by atoms with Gasteiger partial charge in [-0.25, -0.2) is 4.39 Å². The summed E-state index contributed by atoms with van der Waals surface area (Å²) in [5.74, 6) is -2.00. The van der Waals surface area contributed by atoms with Crippen LogP contribution in [-0.2, 0) is 4.79 Å². The van der Waals surface area contributed by atoms with E-state index in [2.05, 4.69) is 5.10 Å². The van der Waals surface area contributed by atoms with E-state index < -0.39 is 11.9 Å². The highest BCUT2D eigenvalue weighted by atomic mass is 19.1. The Bertz CT molecular complexity index is 744. The van der Waals surface area contributed by atoms with Crippen LogP contribution in [0.1, 0.15) is 25.3 Å². The molecule has 0 amide bonds. The Labute approximate surface area is 140 Å². The maximum Gasteiger partial charge on any atom is 0.314 e. The molecule has 0 aliphatic carbocycles. The van der Waals surface area contributed by atoms with E-state index in [-0.39, 0.29) is 11.9 Å². The number of hydrogen-bond donors (Lipinski definition) is 1. The van der Waals surface area contributed by atoms with Gasteiger partial charge in [-0.2, -0.15) is 5.10 Å². The molecule has 0 radical (unpaired) electrons. The van der Waals surface area contributed by atoms with Crippen molar-refractivity contribution in [3.63, 3.8) is 0 Å². The summed E-state index contributed by atoms with van der Waals surface area (Å²) in [5, 5.41) is 16.2. The predicted octanol–water partition coefficient (Wildman–Crippen LogP) is 3.92. The van der Waals surface area contributed by atoms with Crippen molar-refractivity contribution in [2.24, 2.45) is 11.0 Å². The number of halogens is 1. The van der Waals surface area contributed by atoms with Crippen LogP contribution in [0.5, 0.6) is 0 Å². The van der Waals surface area contributed by atoms with Crippen LogP contribution in [0.3, 0.4) is 0 Å². The summed E-state index contributed by atoms with van der Waals surface area (Å²) in [4.78, 5) is 11.9. The predicted molar refractivity (Wildman–Crippen MR) is 91.7 cm³/mol. The molecule has 5 heteroatoms. The van der Waals surface area contributed by atoms with E-state index in [1.54, 1.807) is 17.1 Å². The lowest BCUT2D eigenvalue weighted by Crippen LogP contribution is -2.38. The minimum absolute atomic E-state index is 0.255. The summed E-state index contributed by atoms with van der Waals surface area (Å²) >= 11 is 0. The molecule has 0 bridgehead atoms. The normalized spacial score (nSPS) is 20.1. The van der Waals surface area contributed by atoms with Crippen molar-refractivity contribution in [2.45, 2.75) is 25.8 Å². The smallest absolute Gasteiger partial charge is 0.314 e. The number of nitrogens with zero attached hydrogens (tertiary/aromatic N) is 2. The Hall–Kier alpha value is -2.69. The average molecular weight is 326 g/mol. The molecule has 0 saturated heterocycles. The number of aliphatic carboxylic acids is 1. The van der Waals surface area contributed by atoms with E-state index in [4.69, 9.17) is 0 Å². The number of rotatable bonds is 5. The molecule has 2 aromatic carbocycles. The highest BCUT2D eigenvalue weighted by Crippen LogP contribution is 2.33. The first-order valence-corrected chi connectivity index (χ1v) is 8.03. The minimum Gasteiger partial charge on any atom is -0.481 e. The topological polar surface area (TPSA) is 52.9 Å². The molecule has 124 valence electrons. The van der Waals surface area contributed by atoms with Crippen molar-refractivity contribution in [3.05, 3.63) is 66.0 Å². The van der Waals surface area contributed by atoms with Crippen molar-refractivity contribution in [2.75, 3.05) is 5.01 Å². The van der Waals surface area contributed by atoms with Gasteiger partial charge in [0.1, 0.15) is 11.7 Å². The second-order valence-corrected chi connectivity index (χ2v) is 5.84. The zero-order chi connectivity index (χ0) is 17.1. The number of hydrazone groups is 1. The van der Waals surface area contributed by atoms with Crippen LogP contribution in [0.2, 0.25) is 0 Å². The lowest BCUT2D eigenvalue weighted by Gasteiger charge is -2.26. The van der Waals surface area contributed by atoms with Crippen LogP contribution in [-0.4, -0.2) is 22.8 Å². The fourth-order valence-corrected chi connectivity index (χ4v) is 3.13. The van der Waals surface area contributed by atoms with E-state index in [9.17, 15) is 14.3 Å². The Kier molecular flexibility index (Phi) is 4.60. The molecule has 2 unspecified atom stereocenters. The standard InChI is InChI=1S/C19H19FN2O2/c1-2-6-16-17(19(23)24)18(13-9-11-14(20)12-10-13)21-22(16)15-7-4-3-5-8-15/h3-5,7-12,16-17H,2,6H2,1H3,(H,23,24). The zero-order valence-corrected chi connectivity index (χ0v) is 13.4. The molecule has 1 aliphatic rings. The minimum atomic E-state index is -0.907. The van der Waals surface area contributed by atoms with Crippen molar-refractivity contribution in [1.29, 1.82) is 0 Å². The summed E-state index contributed by atoms with van der Waals surface area (Å²) in [6.07, 6.45) is 1.56. The molecular weight excluding hydrogens is 307 g/mol. The first-order chi connectivity index (χ1) is 11.6. The van der Waals surface area contributed by atoms with Gasteiger partial charge in [-0.05, 0) is 36.2 Å². The molecule has 24 heavy (non-hydrogen) atoms. The molecule has 3 rings (SSSR count). The largest absolute Gasteiger partial charge is 0.481 e. The van der Waals surface area contributed by atoms with Crippen LogP contribution in [0.25, 0.3) is 0 Å². The van der Waals surface area contributed by atoms with Gasteiger partial charge in [-0.3, -0.25) is 9.80 Å². The molecule has 0 aromatic heterocycles. The Morgan fingerprint density at radius 3 is 2.42 bits per heavy atom. The highest BCUT2D eigenvalue weighted by Gasteiger charge is 2.42. The number of para-hydroxylation sites is 1. The number of carboxylic acid groups (broad SMARTS) is 1. The van der Waals surface area contributed by atoms with Gasteiger partial charge in [0.25, 0.3) is 0 Å². The van der Waals surface area contributed by atoms with Gasteiger partial charge in [0.2, 0.25) is 0 Å². The lowest BCUT2D eigenvalue weighted by atomic mass is 9.88. The first kappa shape index (κ1) is 16.2. The molecule has 2 atom stereocenters. The Balaban J connectivity index is 2.07. The van der Waals surface area contributed by atoms with Gasteiger partial charge >= 0.3 is 5.97 Å². The van der Waals surface area contributed by atoms with E-state index in [1.165, 1.54) is 12.1 Å². The van der Waals surface area contributed by atoms with Crippen LogP contribution in [0, 0.1) is 11.7 Å². The molecule has 1 aliphatic heterocycles. The Morgan fingerprint density at radius 2 is 1.83 bits per heavy atom. The van der Waals surface area contributed by atoms with E-state index >= 15 is 0 Å². The number of carboxylic acids is 1. The SMILES string of the molecule is CCCC1C(C(=O)O)C(c2ccc(F)cc2)=NN1c1ccccc1. The summed E-state index contributed by atoms with van der Waals surface area (Å²) < 4.78 is 13.2. The van der Waals surface area contributed by atoms with E-state index in [0.29, 0.717) is 17.7 Å². The summed E-state index contributed by atoms with van der Waals surface area (Å²) in [7, 11) is 0.